The van der Waals surface area contributed by atoms with E-state index in [0.29, 0.717) is 12.1 Å². The number of aliphatic hydroxyl groups excluding tert-OH is 1. The highest BCUT2D eigenvalue weighted by Gasteiger charge is 2.28. The van der Waals surface area contributed by atoms with Crippen LogP contribution in [0, 0.1) is 5.82 Å². The van der Waals surface area contributed by atoms with Gasteiger partial charge in [-0.15, -0.1) is 0 Å². The molecule has 3 N–H and O–H groups in total. The van der Waals surface area contributed by atoms with E-state index in [1.807, 2.05) is 6.07 Å². The molecule has 1 aromatic carbocycles. The highest BCUT2D eigenvalue weighted by atomic mass is 19.1. The fraction of sp³-hybridized carbons (Fsp3) is 0.600. The van der Waals surface area contributed by atoms with Gasteiger partial charge >= 0.3 is 0 Å². The molecule has 0 bridgehead atoms. The molecule has 1 heterocycles. The molecule has 2 atom stereocenters. The third kappa shape index (κ3) is 3.32. The number of benzene rings is 1. The molecule has 1 aromatic rings. The van der Waals surface area contributed by atoms with Crippen LogP contribution in [0.5, 0.6) is 0 Å². The van der Waals surface area contributed by atoms with Crippen LogP contribution < -0.4 is 5.73 Å². The number of aliphatic hydroxyl groups is 1. The molecule has 1 fully saturated rings. The molecule has 0 spiro atoms. The molecular weight excluding hydrogens is 243 g/mol. The Morgan fingerprint density at radius 3 is 2.79 bits per heavy atom. The van der Waals surface area contributed by atoms with Crippen molar-refractivity contribution in [3.8, 4) is 0 Å². The maximum absolute atomic E-state index is 14.0. The molecule has 0 aromatic heterocycles. The lowest BCUT2D eigenvalue weighted by Gasteiger charge is -2.36. The van der Waals surface area contributed by atoms with E-state index >= 15 is 0 Å². The van der Waals surface area contributed by atoms with Crippen LogP contribution >= 0.6 is 0 Å². The van der Waals surface area contributed by atoms with Crippen molar-refractivity contribution in [2.75, 3.05) is 19.7 Å². The molecule has 2 rings (SSSR count). The lowest BCUT2D eigenvalue weighted by atomic mass is 10.0. The summed E-state index contributed by atoms with van der Waals surface area (Å²) in [6.45, 7) is 1.36. The third-order valence-electron chi connectivity index (χ3n) is 4.02. The normalized spacial score (nSPS) is 23.0. The van der Waals surface area contributed by atoms with Crippen molar-refractivity contribution in [3.63, 3.8) is 0 Å². The number of rotatable bonds is 4. The van der Waals surface area contributed by atoms with Crippen molar-refractivity contribution in [2.24, 2.45) is 5.73 Å². The molecule has 0 saturated carbocycles. The topological polar surface area (TPSA) is 49.5 Å². The van der Waals surface area contributed by atoms with Crippen LogP contribution in [-0.4, -0.2) is 35.7 Å². The maximum atomic E-state index is 14.0. The molecule has 4 heteroatoms. The summed E-state index contributed by atoms with van der Waals surface area (Å²) in [5.41, 5.74) is 6.53. The van der Waals surface area contributed by atoms with Gasteiger partial charge in [-0.1, -0.05) is 31.0 Å². The molecular formula is C15H23FN2O. The minimum Gasteiger partial charge on any atom is -0.395 e. The molecule has 3 nitrogen and oxygen atoms in total. The first kappa shape index (κ1) is 14.4. The van der Waals surface area contributed by atoms with Crippen molar-refractivity contribution >= 4 is 0 Å². The van der Waals surface area contributed by atoms with Gasteiger partial charge in [-0.05, 0) is 25.5 Å². The summed E-state index contributed by atoms with van der Waals surface area (Å²) >= 11 is 0. The number of nitrogens with zero attached hydrogens (tertiary/aromatic N) is 1. The highest BCUT2D eigenvalue weighted by Crippen LogP contribution is 2.28. The van der Waals surface area contributed by atoms with E-state index in [0.717, 1.165) is 25.8 Å². The zero-order valence-electron chi connectivity index (χ0n) is 11.3. The molecule has 1 aliphatic rings. The van der Waals surface area contributed by atoms with Gasteiger partial charge in [0.2, 0.25) is 0 Å². The van der Waals surface area contributed by atoms with E-state index in [2.05, 4.69) is 4.90 Å². The number of hydrogen-bond donors (Lipinski definition) is 2. The Hall–Kier alpha value is -0.970. The van der Waals surface area contributed by atoms with Gasteiger partial charge in [0.15, 0.2) is 0 Å². The van der Waals surface area contributed by atoms with Gasteiger partial charge in [-0.25, -0.2) is 4.39 Å². The summed E-state index contributed by atoms with van der Waals surface area (Å²) in [4.78, 5) is 2.19. The minimum atomic E-state index is -0.209. The average molecular weight is 266 g/mol. The second-order valence-corrected chi connectivity index (χ2v) is 5.20. The smallest absolute Gasteiger partial charge is 0.128 e. The van der Waals surface area contributed by atoms with Gasteiger partial charge in [0.05, 0.1) is 12.6 Å². The molecule has 0 aliphatic carbocycles. The molecule has 0 amide bonds. The number of hydrogen-bond acceptors (Lipinski definition) is 3. The summed E-state index contributed by atoms with van der Waals surface area (Å²) in [5, 5.41) is 9.57. The number of likely N-dealkylation sites (tertiary alicyclic amines) is 1. The summed E-state index contributed by atoms with van der Waals surface area (Å²) in [7, 11) is 0. The van der Waals surface area contributed by atoms with Gasteiger partial charge in [-0.3, -0.25) is 4.90 Å². The summed E-state index contributed by atoms with van der Waals surface area (Å²) in [6.07, 6.45) is 4.33. The quantitative estimate of drug-likeness (QED) is 0.877. The van der Waals surface area contributed by atoms with Crippen LogP contribution in [-0.2, 0) is 0 Å². The predicted molar refractivity (Wildman–Crippen MR) is 74.2 cm³/mol. The van der Waals surface area contributed by atoms with Gasteiger partial charge in [0.25, 0.3) is 0 Å². The second-order valence-electron chi connectivity index (χ2n) is 5.20. The lowest BCUT2D eigenvalue weighted by molar-refractivity contribution is 0.0855. The van der Waals surface area contributed by atoms with Crippen LogP contribution in [0.15, 0.2) is 24.3 Å². The zero-order chi connectivity index (χ0) is 13.7. The van der Waals surface area contributed by atoms with Gasteiger partial charge in [-0.2, -0.15) is 0 Å². The van der Waals surface area contributed by atoms with E-state index in [1.54, 1.807) is 12.1 Å². The van der Waals surface area contributed by atoms with Crippen molar-refractivity contribution < 1.29 is 9.50 Å². The van der Waals surface area contributed by atoms with Crippen molar-refractivity contribution in [2.45, 2.75) is 37.8 Å². The Morgan fingerprint density at radius 1 is 1.32 bits per heavy atom. The Morgan fingerprint density at radius 2 is 2.11 bits per heavy atom. The van der Waals surface area contributed by atoms with Gasteiger partial charge < -0.3 is 10.8 Å². The first-order valence-corrected chi connectivity index (χ1v) is 7.09. The fourth-order valence-corrected chi connectivity index (χ4v) is 2.99. The van der Waals surface area contributed by atoms with Gasteiger partial charge in [0, 0.05) is 18.2 Å². The van der Waals surface area contributed by atoms with Crippen LogP contribution in [0.2, 0.25) is 0 Å². The Labute approximate surface area is 114 Å². The minimum absolute atomic E-state index is 0.0932. The lowest BCUT2D eigenvalue weighted by Crippen LogP contribution is -2.43. The highest BCUT2D eigenvalue weighted by molar-refractivity contribution is 5.22. The molecule has 1 aliphatic heterocycles. The maximum Gasteiger partial charge on any atom is 0.128 e. The predicted octanol–water partition coefficient (Wildman–Crippen LogP) is 2.06. The van der Waals surface area contributed by atoms with E-state index in [-0.39, 0.29) is 24.5 Å². The Bertz CT molecular complexity index is 399. The molecule has 1 saturated heterocycles. The summed E-state index contributed by atoms with van der Waals surface area (Å²) in [5.74, 6) is -0.209. The summed E-state index contributed by atoms with van der Waals surface area (Å²) in [6, 6.07) is 6.76. The van der Waals surface area contributed by atoms with Crippen molar-refractivity contribution in [1.82, 2.24) is 4.90 Å². The molecule has 106 valence electrons. The number of nitrogens with two attached hydrogens (primary N) is 1. The Kier molecular flexibility index (Phi) is 5.31. The molecule has 19 heavy (non-hydrogen) atoms. The fourth-order valence-electron chi connectivity index (χ4n) is 2.99. The first-order chi connectivity index (χ1) is 9.27. The Balaban J connectivity index is 2.26. The van der Waals surface area contributed by atoms with E-state index in [9.17, 15) is 9.50 Å². The number of halogens is 1. The van der Waals surface area contributed by atoms with E-state index in [1.165, 1.54) is 12.5 Å². The standard InChI is InChI=1S/C15H23FN2O/c16-14-8-4-3-7-13(14)15(10-17)18-9-5-1-2-6-12(18)11-19/h3-4,7-8,12,15,19H,1-2,5-6,9-11,17H2. The summed E-state index contributed by atoms with van der Waals surface area (Å²) < 4.78 is 14.0. The SMILES string of the molecule is NCC(c1ccccc1F)N1CCCCCC1CO. The zero-order valence-corrected chi connectivity index (χ0v) is 11.3. The third-order valence-corrected chi connectivity index (χ3v) is 4.02. The van der Waals surface area contributed by atoms with Crippen LogP contribution in [0.3, 0.4) is 0 Å². The van der Waals surface area contributed by atoms with Crippen molar-refractivity contribution in [3.05, 3.63) is 35.6 Å². The second kappa shape index (κ2) is 6.98. The van der Waals surface area contributed by atoms with E-state index in [4.69, 9.17) is 5.73 Å². The largest absolute Gasteiger partial charge is 0.395 e. The van der Waals surface area contributed by atoms with Crippen LogP contribution in [0.1, 0.15) is 37.3 Å². The van der Waals surface area contributed by atoms with Crippen LogP contribution in [0.25, 0.3) is 0 Å². The van der Waals surface area contributed by atoms with Crippen molar-refractivity contribution in [1.29, 1.82) is 0 Å². The molecule has 0 radical (unpaired) electrons. The monoisotopic (exact) mass is 266 g/mol. The van der Waals surface area contributed by atoms with E-state index < -0.39 is 0 Å². The first-order valence-electron chi connectivity index (χ1n) is 7.09. The molecule has 2 unspecified atom stereocenters. The van der Waals surface area contributed by atoms with Crippen LogP contribution in [0.4, 0.5) is 4.39 Å². The van der Waals surface area contributed by atoms with Gasteiger partial charge in [0.1, 0.15) is 5.82 Å². The average Bonchev–Trinajstić information content (AvgIpc) is 2.67.